The summed E-state index contributed by atoms with van der Waals surface area (Å²) in [5, 5.41) is 8.95. The zero-order chi connectivity index (χ0) is 12.1. The molecule has 0 N–H and O–H groups in total. The lowest BCUT2D eigenvalue weighted by Crippen LogP contribution is -2.10. The molecule has 0 unspecified atom stereocenters. The van der Waals surface area contributed by atoms with Crippen molar-refractivity contribution in [2.24, 2.45) is 0 Å². The molecule has 0 aliphatic heterocycles. The first kappa shape index (κ1) is 12.5. The first-order chi connectivity index (χ1) is 7.69. The number of nitrogens with zero attached hydrogens (tertiary/aromatic N) is 1. The molecule has 0 aromatic heterocycles. The molecule has 0 aliphatic carbocycles. The maximum absolute atomic E-state index is 11.6. The van der Waals surface area contributed by atoms with Crippen molar-refractivity contribution in [3.63, 3.8) is 0 Å². The molecule has 0 fully saturated rings. The number of rotatable bonds is 3. The lowest BCUT2D eigenvalue weighted by molar-refractivity contribution is 0.0599. The van der Waals surface area contributed by atoms with E-state index in [4.69, 9.17) is 16.9 Å². The predicted molar refractivity (Wildman–Crippen MR) is 61.4 cm³/mol. The van der Waals surface area contributed by atoms with Gasteiger partial charge in [0.15, 0.2) is 0 Å². The van der Waals surface area contributed by atoms with E-state index in [2.05, 4.69) is 4.74 Å². The summed E-state index contributed by atoms with van der Waals surface area (Å²) in [5.74, 6) is -0.314. The number of carbonyl (C=O) groups is 1. The van der Waals surface area contributed by atoms with Gasteiger partial charge in [0, 0.05) is 5.88 Å². The fraction of sp³-hybridized carbons (Fsp3) is 0.333. The molecule has 1 aromatic carbocycles. The maximum atomic E-state index is 11.6. The molecule has 0 spiro atoms. The summed E-state index contributed by atoms with van der Waals surface area (Å²) < 4.78 is 4.67. The average molecular weight is 238 g/mol. The molecule has 0 amide bonds. The Kier molecular flexibility index (Phi) is 4.33. The van der Waals surface area contributed by atoms with Gasteiger partial charge in [0.05, 0.1) is 18.2 Å². The van der Waals surface area contributed by atoms with Crippen molar-refractivity contribution in [2.75, 3.05) is 7.11 Å². The van der Waals surface area contributed by atoms with Gasteiger partial charge in [-0.15, -0.1) is 11.6 Å². The van der Waals surface area contributed by atoms with E-state index in [0.717, 1.165) is 12.0 Å². The molecule has 4 heteroatoms. The number of hydrogen-bond donors (Lipinski definition) is 0. The van der Waals surface area contributed by atoms with Crippen LogP contribution < -0.4 is 0 Å². The number of benzene rings is 1. The lowest BCUT2D eigenvalue weighted by atomic mass is 9.96. The summed E-state index contributed by atoms with van der Waals surface area (Å²) in [7, 11) is 1.29. The Morgan fingerprint density at radius 2 is 2.25 bits per heavy atom. The van der Waals surface area contributed by atoms with E-state index >= 15 is 0 Å². The third kappa shape index (κ3) is 2.17. The van der Waals surface area contributed by atoms with Crippen LogP contribution in [-0.2, 0) is 17.0 Å². The van der Waals surface area contributed by atoms with Gasteiger partial charge >= 0.3 is 5.97 Å². The van der Waals surface area contributed by atoms with Crippen LogP contribution in [0.5, 0.6) is 0 Å². The second kappa shape index (κ2) is 5.53. The number of methoxy groups -OCH3 is 1. The van der Waals surface area contributed by atoms with E-state index in [1.165, 1.54) is 7.11 Å². The van der Waals surface area contributed by atoms with Gasteiger partial charge in [-0.05, 0) is 23.6 Å². The molecular formula is C12H12ClNO2. The minimum absolute atomic E-state index is 0.198. The zero-order valence-electron chi connectivity index (χ0n) is 9.21. The van der Waals surface area contributed by atoms with Crippen LogP contribution in [0.3, 0.4) is 0 Å². The Bertz CT molecular complexity index is 449. The van der Waals surface area contributed by atoms with Crippen molar-refractivity contribution in [1.29, 1.82) is 5.26 Å². The fourth-order valence-corrected chi connectivity index (χ4v) is 1.91. The summed E-state index contributed by atoms with van der Waals surface area (Å²) in [5.41, 5.74) is 2.25. The van der Waals surface area contributed by atoms with E-state index < -0.39 is 5.97 Å². The van der Waals surface area contributed by atoms with Crippen LogP contribution >= 0.6 is 11.6 Å². The van der Waals surface area contributed by atoms with E-state index in [1.807, 2.05) is 19.1 Å². The normalized spacial score (nSPS) is 9.62. The smallest absolute Gasteiger partial charge is 0.339 e. The Hall–Kier alpha value is -1.53. The topological polar surface area (TPSA) is 50.1 Å². The quantitative estimate of drug-likeness (QED) is 0.600. The number of alkyl halides is 1. The van der Waals surface area contributed by atoms with Crippen LogP contribution in [0.4, 0.5) is 0 Å². The predicted octanol–water partition coefficient (Wildman–Crippen LogP) is 2.65. The molecule has 0 radical (unpaired) electrons. The van der Waals surface area contributed by atoms with Crippen LogP contribution in [0.15, 0.2) is 12.1 Å². The number of esters is 1. The van der Waals surface area contributed by atoms with E-state index in [9.17, 15) is 4.79 Å². The van der Waals surface area contributed by atoms with Gasteiger partial charge in [0.1, 0.15) is 6.07 Å². The molecule has 1 aromatic rings. The molecule has 0 bridgehead atoms. The number of carbonyl (C=O) groups excluding carboxylic acids is 1. The van der Waals surface area contributed by atoms with Crippen LogP contribution in [0.1, 0.15) is 34.0 Å². The first-order valence-corrected chi connectivity index (χ1v) is 5.42. The van der Waals surface area contributed by atoms with Gasteiger partial charge in [-0.2, -0.15) is 5.26 Å². The molecule has 0 aliphatic rings. The molecule has 0 saturated heterocycles. The second-order valence-corrected chi connectivity index (χ2v) is 3.48. The third-order valence-electron chi connectivity index (χ3n) is 2.43. The Balaban J connectivity index is 3.50. The Morgan fingerprint density at radius 3 is 2.69 bits per heavy atom. The molecule has 0 atom stereocenters. The highest BCUT2D eigenvalue weighted by atomic mass is 35.5. The fourth-order valence-electron chi connectivity index (χ4n) is 1.60. The van der Waals surface area contributed by atoms with Crippen molar-refractivity contribution in [1.82, 2.24) is 0 Å². The zero-order valence-corrected chi connectivity index (χ0v) is 9.97. The largest absolute Gasteiger partial charge is 0.465 e. The minimum atomic E-state index is -0.512. The summed E-state index contributed by atoms with van der Waals surface area (Å²) in [6.07, 6.45) is 0.762. The van der Waals surface area contributed by atoms with Crippen LogP contribution in [0.25, 0.3) is 0 Å². The van der Waals surface area contributed by atoms with E-state index in [0.29, 0.717) is 16.7 Å². The van der Waals surface area contributed by atoms with Crippen molar-refractivity contribution in [2.45, 2.75) is 19.2 Å². The van der Waals surface area contributed by atoms with Crippen molar-refractivity contribution >= 4 is 17.6 Å². The summed E-state index contributed by atoms with van der Waals surface area (Å²) >= 11 is 5.83. The summed E-state index contributed by atoms with van der Waals surface area (Å²) in [4.78, 5) is 11.6. The van der Waals surface area contributed by atoms with E-state index in [-0.39, 0.29) is 5.88 Å². The third-order valence-corrected chi connectivity index (χ3v) is 2.70. The standard InChI is InChI=1S/C12H12ClNO2/c1-3-8-4-5-9(7-14)11(10(8)6-13)12(15)16-2/h4-5H,3,6H2,1-2H3. The molecule has 84 valence electrons. The molecular weight excluding hydrogens is 226 g/mol. The monoisotopic (exact) mass is 237 g/mol. The minimum Gasteiger partial charge on any atom is -0.465 e. The number of nitriles is 1. The molecule has 0 heterocycles. The molecule has 16 heavy (non-hydrogen) atoms. The highest BCUT2D eigenvalue weighted by Gasteiger charge is 2.18. The number of hydrogen-bond acceptors (Lipinski definition) is 3. The first-order valence-electron chi connectivity index (χ1n) is 4.88. The number of ether oxygens (including phenoxy) is 1. The second-order valence-electron chi connectivity index (χ2n) is 3.22. The van der Waals surface area contributed by atoms with Crippen molar-refractivity contribution in [3.8, 4) is 6.07 Å². The summed E-state index contributed by atoms with van der Waals surface area (Å²) in [6, 6.07) is 5.43. The van der Waals surface area contributed by atoms with Gasteiger partial charge in [-0.3, -0.25) is 0 Å². The maximum Gasteiger partial charge on any atom is 0.339 e. The number of aryl methyl sites for hydroxylation is 1. The van der Waals surface area contributed by atoms with Crippen LogP contribution in [0, 0.1) is 11.3 Å². The van der Waals surface area contributed by atoms with Gasteiger partial charge in [-0.25, -0.2) is 4.79 Å². The average Bonchev–Trinajstić information content (AvgIpc) is 2.35. The highest BCUT2D eigenvalue weighted by molar-refractivity contribution is 6.18. The van der Waals surface area contributed by atoms with E-state index in [1.54, 1.807) is 6.07 Å². The SMILES string of the molecule is CCc1ccc(C#N)c(C(=O)OC)c1CCl. The van der Waals surface area contributed by atoms with Gasteiger partial charge in [0.2, 0.25) is 0 Å². The van der Waals surface area contributed by atoms with Crippen molar-refractivity contribution < 1.29 is 9.53 Å². The molecule has 1 rings (SSSR count). The van der Waals surface area contributed by atoms with Gasteiger partial charge < -0.3 is 4.74 Å². The van der Waals surface area contributed by atoms with Gasteiger partial charge in [-0.1, -0.05) is 13.0 Å². The van der Waals surface area contributed by atoms with Crippen LogP contribution in [-0.4, -0.2) is 13.1 Å². The Labute approximate surface area is 99.6 Å². The Morgan fingerprint density at radius 1 is 1.56 bits per heavy atom. The lowest BCUT2D eigenvalue weighted by Gasteiger charge is -2.11. The summed E-state index contributed by atoms with van der Waals surface area (Å²) in [6.45, 7) is 1.97. The molecule has 3 nitrogen and oxygen atoms in total. The van der Waals surface area contributed by atoms with Crippen molar-refractivity contribution in [3.05, 3.63) is 34.4 Å². The van der Waals surface area contributed by atoms with Crippen LogP contribution in [0.2, 0.25) is 0 Å². The molecule has 0 saturated carbocycles. The van der Waals surface area contributed by atoms with Gasteiger partial charge in [0.25, 0.3) is 0 Å². The highest BCUT2D eigenvalue weighted by Crippen LogP contribution is 2.22. The number of halogens is 1.